The fraction of sp³-hybridized carbons (Fsp3) is 0.714. The first kappa shape index (κ1) is 11.7. The van der Waals surface area contributed by atoms with Crippen molar-refractivity contribution in [2.45, 2.75) is 57.5 Å². The molecule has 0 aliphatic heterocycles. The Kier molecular flexibility index (Phi) is 2.67. The van der Waals surface area contributed by atoms with Gasteiger partial charge in [-0.2, -0.15) is 5.26 Å². The molecule has 0 aromatic carbocycles. The van der Waals surface area contributed by atoms with Crippen LogP contribution in [0, 0.1) is 24.2 Å². The fourth-order valence-corrected chi connectivity index (χ4v) is 3.06. The summed E-state index contributed by atoms with van der Waals surface area (Å²) >= 11 is 0. The van der Waals surface area contributed by atoms with Gasteiger partial charge in [-0.1, -0.05) is 0 Å². The van der Waals surface area contributed by atoms with E-state index < -0.39 is 5.54 Å². The predicted octanol–water partition coefficient (Wildman–Crippen LogP) is 1.70. The molecule has 2 aliphatic carbocycles. The molecule has 1 unspecified atom stereocenters. The molecule has 96 valence electrons. The van der Waals surface area contributed by atoms with Gasteiger partial charge in [0.2, 0.25) is 0 Å². The number of nitriles is 1. The molecule has 0 spiro atoms. The fourth-order valence-electron chi connectivity index (χ4n) is 3.06. The maximum Gasteiger partial charge on any atom is 0.125 e. The molecule has 3 rings (SSSR count). The van der Waals surface area contributed by atoms with Crippen molar-refractivity contribution in [2.24, 2.45) is 11.7 Å². The topological polar surface area (TPSA) is 67.6 Å². The molecular weight excluding hydrogens is 224 g/mol. The van der Waals surface area contributed by atoms with Crippen LogP contribution in [0.4, 0.5) is 0 Å². The molecule has 1 atom stereocenters. The molecule has 1 heterocycles. The third kappa shape index (κ3) is 1.83. The summed E-state index contributed by atoms with van der Waals surface area (Å²) in [5.41, 5.74) is 8.14. The van der Waals surface area contributed by atoms with Crippen molar-refractivity contribution < 1.29 is 0 Å². The van der Waals surface area contributed by atoms with Gasteiger partial charge in [0.25, 0.3) is 0 Å². The molecule has 0 radical (unpaired) electrons. The van der Waals surface area contributed by atoms with Crippen molar-refractivity contribution >= 4 is 0 Å². The van der Waals surface area contributed by atoms with E-state index in [1.807, 2.05) is 6.92 Å². The zero-order valence-electron chi connectivity index (χ0n) is 10.9. The minimum Gasteiger partial charge on any atom is -0.329 e. The summed E-state index contributed by atoms with van der Waals surface area (Å²) in [5.74, 6) is 1.40. The van der Waals surface area contributed by atoms with E-state index in [0.717, 1.165) is 31.5 Å². The summed E-state index contributed by atoms with van der Waals surface area (Å²) in [4.78, 5) is 4.65. The zero-order chi connectivity index (χ0) is 12.8. The highest BCUT2D eigenvalue weighted by Gasteiger charge is 2.43. The van der Waals surface area contributed by atoms with Crippen LogP contribution in [0.25, 0.3) is 0 Å². The smallest absolute Gasteiger partial charge is 0.125 e. The standard InChI is InChI=1S/C14H20N4/c1-10-17-12-4-2-3-5-13(12)18(10)9-14(16,8-15)11-6-7-11/h11H,2-7,9,16H2,1H3. The molecule has 1 fully saturated rings. The molecule has 2 N–H and O–H groups in total. The Hall–Kier alpha value is -1.34. The number of fused-ring (bicyclic) bond motifs is 1. The number of hydrogen-bond acceptors (Lipinski definition) is 3. The van der Waals surface area contributed by atoms with Crippen molar-refractivity contribution in [1.82, 2.24) is 9.55 Å². The molecule has 4 nitrogen and oxygen atoms in total. The third-order valence-corrected chi connectivity index (χ3v) is 4.36. The van der Waals surface area contributed by atoms with E-state index in [2.05, 4.69) is 15.6 Å². The Labute approximate surface area is 108 Å². The highest BCUT2D eigenvalue weighted by Crippen LogP contribution is 2.39. The van der Waals surface area contributed by atoms with Crippen LogP contribution in [-0.4, -0.2) is 15.1 Å². The van der Waals surface area contributed by atoms with E-state index in [1.54, 1.807) is 0 Å². The van der Waals surface area contributed by atoms with Crippen molar-refractivity contribution in [1.29, 1.82) is 5.26 Å². The number of nitrogens with two attached hydrogens (primary N) is 1. The van der Waals surface area contributed by atoms with Gasteiger partial charge in [-0.3, -0.25) is 0 Å². The van der Waals surface area contributed by atoms with E-state index in [4.69, 9.17) is 5.73 Å². The third-order valence-electron chi connectivity index (χ3n) is 4.36. The summed E-state index contributed by atoms with van der Waals surface area (Å²) in [7, 11) is 0. The summed E-state index contributed by atoms with van der Waals surface area (Å²) in [6.07, 6.45) is 6.82. The minimum absolute atomic E-state index is 0.378. The Morgan fingerprint density at radius 2 is 2.17 bits per heavy atom. The van der Waals surface area contributed by atoms with Crippen molar-refractivity contribution in [3.8, 4) is 6.07 Å². The van der Waals surface area contributed by atoms with E-state index >= 15 is 0 Å². The van der Waals surface area contributed by atoms with E-state index in [9.17, 15) is 5.26 Å². The first-order valence-corrected chi connectivity index (χ1v) is 6.89. The Morgan fingerprint density at radius 1 is 1.44 bits per heavy atom. The van der Waals surface area contributed by atoms with Crippen LogP contribution in [0.5, 0.6) is 0 Å². The average molecular weight is 244 g/mol. The second-order valence-corrected chi connectivity index (χ2v) is 5.77. The zero-order valence-corrected chi connectivity index (χ0v) is 10.9. The van der Waals surface area contributed by atoms with Gasteiger partial charge in [0, 0.05) is 5.69 Å². The molecule has 0 amide bonds. The van der Waals surface area contributed by atoms with Crippen LogP contribution in [0.15, 0.2) is 0 Å². The lowest BCUT2D eigenvalue weighted by Crippen LogP contribution is -2.45. The average Bonchev–Trinajstić information content (AvgIpc) is 3.17. The summed E-state index contributed by atoms with van der Waals surface area (Å²) in [6, 6.07) is 2.34. The van der Waals surface area contributed by atoms with E-state index in [-0.39, 0.29) is 0 Å². The van der Waals surface area contributed by atoms with Crippen molar-refractivity contribution in [3.63, 3.8) is 0 Å². The van der Waals surface area contributed by atoms with Crippen LogP contribution in [0.3, 0.4) is 0 Å². The Bertz CT molecular complexity index is 507. The number of imidazole rings is 1. The number of aromatic nitrogens is 2. The predicted molar refractivity (Wildman–Crippen MR) is 68.9 cm³/mol. The van der Waals surface area contributed by atoms with Gasteiger partial charge in [-0.05, 0) is 51.4 Å². The van der Waals surface area contributed by atoms with Gasteiger partial charge in [0.05, 0.1) is 18.3 Å². The molecule has 1 aromatic rings. The van der Waals surface area contributed by atoms with E-state index in [0.29, 0.717) is 12.5 Å². The molecule has 0 saturated heterocycles. The molecule has 18 heavy (non-hydrogen) atoms. The maximum atomic E-state index is 9.38. The lowest BCUT2D eigenvalue weighted by Gasteiger charge is -2.24. The van der Waals surface area contributed by atoms with Crippen molar-refractivity contribution in [2.75, 3.05) is 0 Å². The number of rotatable bonds is 3. The Morgan fingerprint density at radius 3 is 2.83 bits per heavy atom. The van der Waals surface area contributed by atoms with Crippen LogP contribution in [0.1, 0.15) is 42.9 Å². The lowest BCUT2D eigenvalue weighted by atomic mass is 9.95. The van der Waals surface area contributed by atoms with Crippen LogP contribution in [-0.2, 0) is 19.4 Å². The van der Waals surface area contributed by atoms with Gasteiger partial charge in [0.1, 0.15) is 11.4 Å². The molecule has 4 heteroatoms. The Balaban J connectivity index is 1.92. The molecule has 2 aliphatic rings. The second-order valence-electron chi connectivity index (χ2n) is 5.77. The summed E-state index contributed by atoms with van der Waals surface area (Å²) < 4.78 is 2.20. The quantitative estimate of drug-likeness (QED) is 0.880. The highest BCUT2D eigenvalue weighted by atomic mass is 15.1. The number of nitrogens with zero attached hydrogens (tertiary/aromatic N) is 3. The monoisotopic (exact) mass is 244 g/mol. The minimum atomic E-state index is -0.698. The largest absolute Gasteiger partial charge is 0.329 e. The lowest BCUT2D eigenvalue weighted by molar-refractivity contribution is 0.392. The van der Waals surface area contributed by atoms with Gasteiger partial charge in [0.15, 0.2) is 0 Å². The summed E-state index contributed by atoms with van der Waals surface area (Å²) in [5, 5.41) is 9.38. The van der Waals surface area contributed by atoms with Gasteiger partial charge in [-0.15, -0.1) is 0 Å². The van der Waals surface area contributed by atoms with Crippen LogP contribution < -0.4 is 5.73 Å². The second kappa shape index (κ2) is 4.10. The number of aryl methyl sites for hydroxylation is 2. The van der Waals surface area contributed by atoms with E-state index in [1.165, 1.54) is 24.2 Å². The highest BCUT2D eigenvalue weighted by molar-refractivity contribution is 5.23. The normalized spacial score (nSPS) is 22.1. The maximum absolute atomic E-state index is 9.38. The van der Waals surface area contributed by atoms with Gasteiger partial charge in [-0.25, -0.2) is 4.98 Å². The number of hydrogen-bond donors (Lipinski definition) is 1. The summed E-state index contributed by atoms with van der Waals surface area (Å²) in [6.45, 7) is 2.64. The molecular formula is C14H20N4. The van der Waals surface area contributed by atoms with Crippen LogP contribution >= 0.6 is 0 Å². The van der Waals surface area contributed by atoms with Crippen molar-refractivity contribution in [3.05, 3.63) is 17.2 Å². The first-order valence-electron chi connectivity index (χ1n) is 6.89. The van der Waals surface area contributed by atoms with Gasteiger partial charge < -0.3 is 10.3 Å². The van der Waals surface area contributed by atoms with Gasteiger partial charge >= 0.3 is 0 Å². The molecule has 0 bridgehead atoms. The molecule has 1 saturated carbocycles. The SMILES string of the molecule is Cc1nc2c(n1CC(N)(C#N)C1CC1)CCCC2. The van der Waals surface area contributed by atoms with Crippen LogP contribution in [0.2, 0.25) is 0 Å². The first-order chi connectivity index (χ1) is 8.64. The molecule has 1 aromatic heterocycles.